The molecular weight excluding hydrogens is 204 g/mol. The van der Waals surface area contributed by atoms with Gasteiger partial charge in [-0.2, -0.15) is 0 Å². The highest BCUT2D eigenvalue weighted by Crippen LogP contribution is 2.25. The zero-order valence-electron chi connectivity index (χ0n) is 9.98. The van der Waals surface area contributed by atoms with E-state index >= 15 is 0 Å². The van der Waals surface area contributed by atoms with Gasteiger partial charge in [-0.3, -0.25) is 4.79 Å². The molecule has 0 spiro atoms. The summed E-state index contributed by atoms with van der Waals surface area (Å²) in [6.07, 6.45) is 2.11. The van der Waals surface area contributed by atoms with Crippen LogP contribution in [-0.4, -0.2) is 48.7 Å². The number of carbonyl (C=O) groups is 1. The minimum atomic E-state index is 0.165. The second-order valence-electron chi connectivity index (χ2n) is 5.21. The van der Waals surface area contributed by atoms with Gasteiger partial charge in [-0.1, -0.05) is 6.92 Å². The lowest BCUT2D eigenvalue weighted by molar-refractivity contribution is -0.135. The number of carbonyl (C=O) groups excluding carboxylic acids is 1. The maximum absolute atomic E-state index is 12.2. The quantitative estimate of drug-likeness (QED) is 0.701. The Hall–Kier alpha value is -0.610. The van der Waals surface area contributed by atoms with Crippen LogP contribution >= 0.6 is 0 Å². The van der Waals surface area contributed by atoms with Gasteiger partial charge in [0, 0.05) is 32.2 Å². The number of rotatable bonds is 2. The van der Waals surface area contributed by atoms with E-state index in [1.54, 1.807) is 0 Å². The van der Waals surface area contributed by atoms with Crippen molar-refractivity contribution in [3.05, 3.63) is 0 Å². The van der Waals surface area contributed by atoms with Crippen molar-refractivity contribution in [2.45, 2.75) is 19.8 Å². The Balaban J connectivity index is 1.90. The second kappa shape index (κ2) is 5.15. The van der Waals surface area contributed by atoms with E-state index in [0.29, 0.717) is 5.92 Å². The van der Waals surface area contributed by atoms with E-state index in [1.165, 1.54) is 0 Å². The monoisotopic (exact) mass is 226 g/mol. The minimum Gasteiger partial charge on any atom is -0.396 e. The molecule has 0 aliphatic carbocycles. The summed E-state index contributed by atoms with van der Waals surface area (Å²) in [7, 11) is 0. The van der Waals surface area contributed by atoms with Gasteiger partial charge in [-0.15, -0.1) is 0 Å². The van der Waals surface area contributed by atoms with Crippen LogP contribution in [0.4, 0.5) is 0 Å². The number of amides is 1. The van der Waals surface area contributed by atoms with E-state index in [-0.39, 0.29) is 24.3 Å². The van der Waals surface area contributed by atoms with Gasteiger partial charge >= 0.3 is 0 Å². The molecular formula is C12H22N2O2. The maximum Gasteiger partial charge on any atom is 0.226 e. The van der Waals surface area contributed by atoms with E-state index < -0.39 is 0 Å². The first-order valence-electron chi connectivity index (χ1n) is 6.32. The summed E-state index contributed by atoms with van der Waals surface area (Å²) in [5.74, 6) is 1.17. The molecule has 2 aliphatic heterocycles. The van der Waals surface area contributed by atoms with Gasteiger partial charge < -0.3 is 15.3 Å². The third kappa shape index (κ3) is 2.38. The van der Waals surface area contributed by atoms with Crippen molar-refractivity contribution in [3.8, 4) is 0 Å². The van der Waals surface area contributed by atoms with E-state index in [0.717, 1.165) is 39.0 Å². The van der Waals surface area contributed by atoms with Gasteiger partial charge in [0.2, 0.25) is 5.91 Å². The largest absolute Gasteiger partial charge is 0.396 e. The van der Waals surface area contributed by atoms with Crippen molar-refractivity contribution in [2.24, 2.45) is 17.8 Å². The molecule has 0 saturated carbocycles. The summed E-state index contributed by atoms with van der Waals surface area (Å²) < 4.78 is 0. The fourth-order valence-corrected chi connectivity index (χ4v) is 2.77. The Morgan fingerprint density at radius 2 is 2.31 bits per heavy atom. The van der Waals surface area contributed by atoms with Crippen molar-refractivity contribution in [2.75, 3.05) is 32.8 Å². The van der Waals surface area contributed by atoms with Crippen molar-refractivity contribution in [1.82, 2.24) is 10.2 Å². The molecule has 0 aromatic carbocycles. The van der Waals surface area contributed by atoms with E-state index in [4.69, 9.17) is 0 Å². The molecule has 2 N–H and O–H groups in total. The van der Waals surface area contributed by atoms with Crippen LogP contribution in [0, 0.1) is 17.8 Å². The van der Waals surface area contributed by atoms with Crippen LogP contribution in [0.25, 0.3) is 0 Å². The number of piperidine rings is 1. The number of likely N-dealkylation sites (tertiary alicyclic amines) is 1. The number of nitrogens with zero attached hydrogens (tertiary/aromatic N) is 1. The topological polar surface area (TPSA) is 52.6 Å². The Morgan fingerprint density at radius 1 is 1.50 bits per heavy atom. The highest BCUT2D eigenvalue weighted by atomic mass is 16.3. The minimum absolute atomic E-state index is 0.165. The summed E-state index contributed by atoms with van der Waals surface area (Å²) >= 11 is 0. The third-order valence-electron chi connectivity index (χ3n) is 3.96. The van der Waals surface area contributed by atoms with Crippen LogP contribution < -0.4 is 5.32 Å². The van der Waals surface area contributed by atoms with Gasteiger partial charge in [0.1, 0.15) is 0 Å². The van der Waals surface area contributed by atoms with Gasteiger partial charge in [-0.05, 0) is 25.3 Å². The molecule has 1 amide bonds. The van der Waals surface area contributed by atoms with Gasteiger partial charge in [-0.25, -0.2) is 0 Å². The molecule has 3 atom stereocenters. The zero-order valence-corrected chi connectivity index (χ0v) is 9.98. The molecule has 2 rings (SSSR count). The molecule has 0 aromatic heterocycles. The average molecular weight is 226 g/mol. The lowest BCUT2D eigenvalue weighted by atomic mass is 9.98. The predicted molar refractivity (Wildman–Crippen MR) is 61.9 cm³/mol. The molecule has 4 heteroatoms. The van der Waals surface area contributed by atoms with E-state index in [2.05, 4.69) is 12.2 Å². The SMILES string of the molecule is C[C@@H]1CN(C(=O)[C@@H]2CCCNC2)C[C@@H]1CO. The molecule has 4 nitrogen and oxygen atoms in total. The average Bonchev–Trinajstić information content (AvgIpc) is 2.71. The second-order valence-corrected chi connectivity index (χ2v) is 5.21. The molecule has 2 heterocycles. The fourth-order valence-electron chi connectivity index (χ4n) is 2.77. The Morgan fingerprint density at radius 3 is 2.88 bits per heavy atom. The Labute approximate surface area is 97.0 Å². The molecule has 0 aromatic rings. The van der Waals surface area contributed by atoms with Gasteiger partial charge in [0.25, 0.3) is 0 Å². The number of aliphatic hydroxyl groups excluding tert-OH is 1. The van der Waals surface area contributed by atoms with Crippen molar-refractivity contribution < 1.29 is 9.90 Å². The van der Waals surface area contributed by atoms with E-state index in [9.17, 15) is 9.90 Å². The molecule has 92 valence electrons. The first-order valence-corrected chi connectivity index (χ1v) is 6.32. The van der Waals surface area contributed by atoms with Crippen LogP contribution in [0.3, 0.4) is 0 Å². The predicted octanol–water partition coefficient (Wildman–Crippen LogP) is 0.0728. The molecule has 0 radical (unpaired) electrons. The van der Waals surface area contributed by atoms with E-state index in [1.807, 2.05) is 4.90 Å². The van der Waals surface area contributed by atoms with Crippen molar-refractivity contribution in [1.29, 1.82) is 0 Å². The lowest BCUT2D eigenvalue weighted by Crippen LogP contribution is -2.42. The molecule has 2 aliphatic rings. The number of hydrogen-bond acceptors (Lipinski definition) is 3. The third-order valence-corrected chi connectivity index (χ3v) is 3.96. The van der Waals surface area contributed by atoms with Gasteiger partial charge in [0.05, 0.1) is 5.92 Å². The summed E-state index contributed by atoms with van der Waals surface area (Å²) in [5.41, 5.74) is 0. The molecule has 16 heavy (non-hydrogen) atoms. The molecule has 2 fully saturated rings. The Kier molecular flexibility index (Phi) is 3.82. The normalized spacial score (nSPS) is 35.4. The lowest BCUT2D eigenvalue weighted by Gasteiger charge is -2.26. The summed E-state index contributed by atoms with van der Waals surface area (Å²) in [6, 6.07) is 0. The van der Waals surface area contributed by atoms with Crippen molar-refractivity contribution >= 4 is 5.91 Å². The highest BCUT2D eigenvalue weighted by Gasteiger charge is 2.35. The molecule has 2 saturated heterocycles. The highest BCUT2D eigenvalue weighted by molar-refractivity contribution is 5.79. The fraction of sp³-hybridized carbons (Fsp3) is 0.917. The molecule has 0 unspecified atom stereocenters. The standard InChI is InChI=1S/C12H22N2O2/c1-9-6-14(7-11(9)8-15)12(16)10-3-2-4-13-5-10/h9-11,13,15H,2-8H2,1H3/t9-,10-,11-/m1/s1. The summed E-state index contributed by atoms with van der Waals surface area (Å²) in [6.45, 7) is 5.75. The first kappa shape index (κ1) is 11.9. The molecule has 0 bridgehead atoms. The number of hydrogen-bond donors (Lipinski definition) is 2. The van der Waals surface area contributed by atoms with Crippen molar-refractivity contribution in [3.63, 3.8) is 0 Å². The number of aliphatic hydroxyl groups is 1. The van der Waals surface area contributed by atoms with Gasteiger partial charge in [0.15, 0.2) is 0 Å². The van der Waals surface area contributed by atoms with Crippen LogP contribution in [0.5, 0.6) is 0 Å². The zero-order chi connectivity index (χ0) is 11.5. The number of nitrogens with one attached hydrogen (secondary N) is 1. The maximum atomic E-state index is 12.2. The van der Waals surface area contributed by atoms with Crippen LogP contribution in [0.2, 0.25) is 0 Å². The first-order chi connectivity index (χ1) is 7.72. The summed E-state index contributed by atoms with van der Waals surface area (Å²) in [4.78, 5) is 14.2. The van der Waals surface area contributed by atoms with Crippen LogP contribution in [0.15, 0.2) is 0 Å². The Bertz CT molecular complexity index is 251. The smallest absolute Gasteiger partial charge is 0.226 e. The van der Waals surface area contributed by atoms with Crippen LogP contribution in [0.1, 0.15) is 19.8 Å². The van der Waals surface area contributed by atoms with Crippen LogP contribution in [-0.2, 0) is 4.79 Å². The summed E-state index contributed by atoms with van der Waals surface area (Å²) in [5, 5.41) is 12.5.